The van der Waals surface area contributed by atoms with Crippen molar-refractivity contribution in [3.63, 3.8) is 0 Å². The molecule has 0 atom stereocenters. The van der Waals surface area contributed by atoms with Crippen LogP contribution in [-0.2, 0) is 11.3 Å². The summed E-state index contributed by atoms with van der Waals surface area (Å²) in [5, 5.41) is 6.40. The van der Waals surface area contributed by atoms with Crippen molar-refractivity contribution < 1.29 is 4.79 Å². The number of hydrogen-bond donors (Lipinski definition) is 2. The van der Waals surface area contributed by atoms with E-state index in [1.165, 1.54) is 11.1 Å². The molecule has 2 rings (SSSR count). The Morgan fingerprint density at radius 3 is 2.59 bits per heavy atom. The quantitative estimate of drug-likeness (QED) is 0.809. The third-order valence-corrected chi connectivity index (χ3v) is 4.41. The van der Waals surface area contributed by atoms with Crippen molar-refractivity contribution in [1.82, 2.24) is 15.5 Å². The molecule has 1 fully saturated rings. The van der Waals surface area contributed by atoms with Gasteiger partial charge in [-0.05, 0) is 45.0 Å². The Kier molecular flexibility index (Phi) is 6.87. The molecule has 4 heteroatoms. The van der Waals surface area contributed by atoms with Crippen molar-refractivity contribution in [3.8, 4) is 0 Å². The van der Waals surface area contributed by atoms with Gasteiger partial charge in [0.05, 0.1) is 0 Å². The number of carbonyl (C=O) groups excluding carboxylic acids is 1. The predicted molar refractivity (Wildman–Crippen MR) is 90.7 cm³/mol. The highest BCUT2D eigenvalue weighted by Crippen LogP contribution is 2.11. The SMILES string of the molecule is CCN(CCNC(=O)C1CCNCC1)Cc1ccc(C)cc1. The number of piperidine rings is 1. The van der Waals surface area contributed by atoms with E-state index in [4.69, 9.17) is 0 Å². The zero-order valence-electron chi connectivity index (χ0n) is 13.9. The van der Waals surface area contributed by atoms with Gasteiger partial charge >= 0.3 is 0 Å². The summed E-state index contributed by atoms with van der Waals surface area (Å²) in [7, 11) is 0. The maximum Gasteiger partial charge on any atom is 0.223 e. The lowest BCUT2D eigenvalue weighted by molar-refractivity contribution is -0.125. The smallest absolute Gasteiger partial charge is 0.223 e. The van der Waals surface area contributed by atoms with Crippen LogP contribution in [0.4, 0.5) is 0 Å². The summed E-state index contributed by atoms with van der Waals surface area (Å²) in [5.74, 6) is 0.432. The highest BCUT2D eigenvalue weighted by Gasteiger charge is 2.20. The maximum absolute atomic E-state index is 12.1. The summed E-state index contributed by atoms with van der Waals surface area (Å²) < 4.78 is 0. The van der Waals surface area contributed by atoms with Gasteiger partial charge in [0.25, 0.3) is 0 Å². The molecule has 0 unspecified atom stereocenters. The summed E-state index contributed by atoms with van der Waals surface area (Å²) in [4.78, 5) is 14.5. The van der Waals surface area contributed by atoms with Gasteiger partial charge in [0.15, 0.2) is 0 Å². The summed E-state index contributed by atoms with van der Waals surface area (Å²) in [6.07, 6.45) is 1.93. The van der Waals surface area contributed by atoms with Gasteiger partial charge in [0, 0.05) is 25.6 Å². The van der Waals surface area contributed by atoms with E-state index in [0.717, 1.165) is 52.1 Å². The molecule has 0 aliphatic carbocycles. The standard InChI is InChI=1S/C18H29N3O/c1-3-21(14-16-6-4-15(2)5-7-16)13-12-20-18(22)17-8-10-19-11-9-17/h4-7,17,19H,3,8-14H2,1-2H3,(H,20,22). The maximum atomic E-state index is 12.1. The minimum absolute atomic E-state index is 0.202. The number of amides is 1. The Bertz CT molecular complexity index is 452. The largest absolute Gasteiger partial charge is 0.355 e. The predicted octanol–water partition coefficient (Wildman–Crippen LogP) is 1.93. The average Bonchev–Trinajstić information content (AvgIpc) is 2.56. The van der Waals surface area contributed by atoms with E-state index >= 15 is 0 Å². The molecule has 1 aliphatic rings. The molecule has 0 aromatic heterocycles. The molecule has 0 spiro atoms. The molecule has 1 aromatic rings. The first-order valence-corrected chi connectivity index (χ1v) is 8.45. The van der Waals surface area contributed by atoms with E-state index in [2.05, 4.69) is 53.6 Å². The first-order chi connectivity index (χ1) is 10.7. The van der Waals surface area contributed by atoms with Gasteiger partial charge in [-0.3, -0.25) is 9.69 Å². The number of hydrogen-bond acceptors (Lipinski definition) is 3. The normalized spacial score (nSPS) is 16.0. The molecule has 1 heterocycles. The van der Waals surface area contributed by atoms with E-state index in [1.807, 2.05) is 0 Å². The summed E-state index contributed by atoms with van der Waals surface area (Å²) >= 11 is 0. The van der Waals surface area contributed by atoms with E-state index in [1.54, 1.807) is 0 Å². The van der Waals surface area contributed by atoms with E-state index in [-0.39, 0.29) is 11.8 Å². The van der Waals surface area contributed by atoms with Gasteiger partial charge in [-0.1, -0.05) is 36.8 Å². The number of likely N-dealkylation sites (N-methyl/N-ethyl adjacent to an activating group) is 1. The Morgan fingerprint density at radius 1 is 1.27 bits per heavy atom. The van der Waals surface area contributed by atoms with Crippen molar-refractivity contribution in [2.45, 2.75) is 33.2 Å². The van der Waals surface area contributed by atoms with Crippen LogP contribution in [0.2, 0.25) is 0 Å². The third kappa shape index (κ3) is 5.43. The molecule has 22 heavy (non-hydrogen) atoms. The van der Waals surface area contributed by atoms with Gasteiger partial charge in [0.2, 0.25) is 5.91 Å². The fourth-order valence-corrected chi connectivity index (χ4v) is 2.87. The number of benzene rings is 1. The van der Waals surface area contributed by atoms with E-state index in [0.29, 0.717) is 0 Å². The van der Waals surface area contributed by atoms with E-state index < -0.39 is 0 Å². The van der Waals surface area contributed by atoms with Crippen molar-refractivity contribution in [3.05, 3.63) is 35.4 Å². The first-order valence-electron chi connectivity index (χ1n) is 8.45. The summed E-state index contributed by atoms with van der Waals surface area (Å²) in [5.41, 5.74) is 2.62. The Hall–Kier alpha value is -1.39. The van der Waals surface area contributed by atoms with Gasteiger partial charge in [-0.25, -0.2) is 0 Å². The molecular formula is C18H29N3O. The van der Waals surface area contributed by atoms with Crippen LogP contribution in [0.5, 0.6) is 0 Å². The fourth-order valence-electron chi connectivity index (χ4n) is 2.87. The summed E-state index contributed by atoms with van der Waals surface area (Å²) in [6.45, 7) is 9.79. The van der Waals surface area contributed by atoms with Crippen molar-refractivity contribution in [2.75, 3.05) is 32.7 Å². The molecule has 1 saturated heterocycles. The monoisotopic (exact) mass is 303 g/mol. The zero-order chi connectivity index (χ0) is 15.8. The topological polar surface area (TPSA) is 44.4 Å². The second-order valence-electron chi connectivity index (χ2n) is 6.17. The number of carbonyl (C=O) groups is 1. The Balaban J connectivity index is 1.71. The molecule has 0 saturated carbocycles. The van der Waals surface area contributed by atoms with Crippen LogP contribution in [0.15, 0.2) is 24.3 Å². The second kappa shape index (κ2) is 8.91. The fraction of sp³-hybridized carbons (Fsp3) is 0.611. The highest BCUT2D eigenvalue weighted by molar-refractivity contribution is 5.78. The van der Waals surface area contributed by atoms with Crippen molar-refractivity contribution in [2.24, 2.45) is 5.92 Å². The lowest BCUT2D eigenvalue weighted by atomic mass is 9.97. The number of aryl methyl sites for hydroxylation is 1. The number of nitrogens with one attached hydrogen (secondary N) is 2. The Labute approximate surface area is 134 Å². The van der Waals surface area contributed by atoms with Gasteiger partial charge < -0.3 is 10.6 Å². The third-order valence-electron chi connectivity index (χ3n) is 4.41. The first kappa shape index (κ1) is 17.0. The van der Waals surface area contributed by atoms with Crippen LogP contribution < -0.4 is 10.6 Å². The highest BCUT2D eigenvalue weighted by atomic mass is 16.1. The van der Waals surface area contributed by atoms with Gasteiger partial charge in [0.1, 0.15) is 0 Å². The Morgan fingerprint density at radius 2 is 1.95 bits per heavy atom. The van der Waals surface area contributed by atoms with Crippen LogP contribution in [0, 0.1) is 12.8 Å². The lowest BCUT2D eigenvalue weighted by Gasteiger charge is -2.24. The van der Waals surface area contributed by atoms with Crippen LogP contribution in [-0.4, -0.2) is 43.5 Å². The average molecular weight is 303 g/mol. The van der Waals surface area contributed by atoms with Gasteiger partial charge in [-0.15, -0.1) is 0 Å². The molecule has 2 N–H and O–H groups in total. The van der Waals surface area contributed by atoms with Crippen LogP contribution >= 0.6 is 0 Å². The number of nitrogens with zero attached hydrogens (tertiary/aromatic N) is 1. The lowest BCUT2D eigenvalue weighted by Crippen LogP contribution is -2.41. The minimum atomic E-state index is 0.202. The second-order valence-corrected chi connectivity index (χ2v) is 6.17. The molecule has 1 aromatic carbocycles. The van der Waals surface area contributed by atoms with E-state index in [9.17, 15) is 4.79 Å². The summed E-state index contributed by atoms with van der Waals surface area (Å²) in [6, 6.07) is 8.68. The molecule has 0 radical (unpaired) electrons. The molecule has 122 valence electrons. The van der Waals surface area contributed by atoms with Crippen LogP contribution in [0.25, 0.3) is 0 Å². The van der Waals surface area contributed by atoms with Crippen LogP contribution in [0.1, 0.15) is 30.9 Å². The van der Waals surface area contributed by atoms with Crippen molar-refractivity contribution in [1.29, 1.82) is 0 Å². The minimum Gasteiger partial charge on any atom is -0.355 e. The molecule has 0 bridgehead atoms. The molecule has 1 amide bonds. The van der Waals surface area contributed by atoms with Gasteiger partial charge in [-0.2, -0.15) is 0 Å². The molecule has 1 aliphatic heterocycles. The zero-order valence-corrected chi connectivity index (χ0v) is 13.9. The number of rotatable bonds is 7. The van der Waals surface area contributed by atoms with Crippen molar-refractivity contribution >= 4 is 5.91 Å². The molecule has 4 nitrogen and oxygen atoms in total. The van der Waals surface area contributed by atoms with Crippen LogP contribution in [0.3, 0.4) is 0 Å². The molecular weight excluding hydrogens is 274 g/mol.